The summed E-state index contributed by atoms with van der Waals surface area (Å²) in [5.74, 6) is 0. The third-order valence-corrected chi connectivity index (χ3v) is 4.36. The molecule has 94 valence electrons. The minimum atomic E-state index is -0.457. The number of nitrogens with one attached hydrogen (secondary N) is 1. The number of aromatic nitrogens is 2. The van der Waals surface area contributed by atoms with Crippen LogP contribution in [0.25, 0.3) is 0 Å². The van der Waals surface area contributed by atoms with Crippen LogP contribution in [0.5, 0.6) is 0 Å². The summed E-state index contributed by atoms with van der Waals surface area (Å²) in [7, 11) is 1.96. The first-order valence-electron chi connectivity index (χ1n) is 6.60. The summed E-state index contributed by atoms with van der Waals surface area (Å²) in [5, 5.41) is 18.4. The van der Waals surface area contributed by atoms with E-state index in [0.717, 1.165) is 25.7 Å². The Morgan fingerprint density at radius 2 is 2.18 bits per heavy atom. The summed E-state index contributed by atoms with van der Waals surface area (Å²) in [6.07, 6.45) is 7.92. The molecule has 0 spiro atoms. The Bertz CT molecular complexity index is 389. The molecule has 0 radical (unpaired) electrons. The summed E-state index contributed by atoms with van der Waals surface area (Å²) in [6, 6.07) is 3.13. The van der Waals surface area contributed by atoms with Crippen molar-refractivity contribution >= 4 is 0 Å². The van der Waals surface area contributed by atoms with Crippen LogP contribution in [-0.4, -0.2) is 32.6 Å². The predicted octanol–water partition coefficient (Wildman–Crippen LogP) is 0.998. The van der Waals surface area contributed by atoms with Crippen LogP contribution in [-0.2, 0) is 13.5 Å². The molecular formula is C13H21N3O. The summed E-state index contributed by atoms with van der Waals surface area (Å²) >= 11 is 0. The summed E-state index contributed by atoms with van der Waals surface area (Å²) in [6.45, 7) is 0. The van der Waals surface area contributed by atoms with E-state index in [0.29, 0.717) is 12.1 Å². The number of hydrogen-bond donors (Lipinski definition) is 2. The molecule has 3 heterocycles. The number of piperidine rings is 1. The second-order valence-electron chi connectivity index (χ2n) is 5.72. The van der Waals surface area contributed by atoms with Crippen molar-refractivity contribution in [3.63, 3.8) is 0 Å². The fourth-order valence-electron chi connectivity index (χ4n) is 3.44. The van der Waals surface area contributed by atoms with Gasteiger partial charge in [0.25, 0.3) is 0 Å². The lowest BCUT2D eigenvalue weighted by molar-refractivity contribution is -0.0139. The molecule has 2 bridgehead atoms. The third-order valence-electron chi connectivity index (χ3n) is 4.36. The Hall–Kier alpha value is -0.870. The van der Waals surface area contributed by atoms with Gasteiger partial charge in [0.2, 0.25) is 0 Å². The zero-order valence-corrected chi connectivity index (χ0v) is 10.4. The molecule has 1 aromatic heterocycles. The molecule has 0 aromatic carbocycles. The molecule has 0 amide bonds. The van der Waals surface area contributed by atoms with Crippen molar-refractivity contribution in [1.82, 2.24) is 15.1 Å². The molecule has 2 fully saturated rings. The molecule has 4 heteroatoms. The lowest BCUT2D eigenvalue weighted by Crippen LogP contribution is -2.48. The van der Waals surface area contributed by atoms with Crippen LogP contribution in [0.15, 0.2) is 12.3 Å². The second kappa shape index (κ2) is 4.10. The van der Waals surface area contributed by atoms with Gasteiger partial charge in [-0.3, -0.25) is 4.68 Å². The minimum absolute atomic E-state index is 0.457. The van der Waals surface area contributed by atoms with E-state index in [1.807, 2.05) is 24.0 Å². The maximum atomic E-state index is 10.7. The van der Waals surface area contributed by atoms with Crippen molar-refractivity contribution in [1.29, 1.82) is 0 Å². The van der Waals surface area contributed by atoms with E-state index in [1.165, 1.54) is 18.5 Å². The fraction of sp³-hybridized carbons (Fsp3) is 0.769. The Morgan fingerprint density at radius 1 is 1.47 bits per heavy atom. The van der Waals surface area contributed by atoms with Crippen LogP contribution in [0.4, 0.5) is 0 Å². The quantitative estimate of drug-likeness (QED) is 0.821. The molecule has 2 aliphatic heterocycles. The Labute approximate surface area is 102 Å². The zero-order valence-electron chi connectivity index (χ0n) is 10.4. The van der Waals surface area contributed by atoms with Crippen molar-refractivity contribution in [3.05, 3.63) is 18.0 Å². The normalized spacial score (nSPS) is 36.4. The van der Waals surface area contributed by atoms with Crippen molar-refractivity contribution in [2.45, 2.75) is 56.2 Å². The summed E-state index contributed by atoms with van der Waals surface area (Å²) in [4.78, 5) is 0. The van der Waals surface area contributed by atoms with Gasteiger partial charge < -0.3 is 10.4 Å². The van der Waals surface area contributed by atoms with Crippen LogP contribution in [0.2, 0.25) is 0 Å². The van der Waals surface area contributed by atoms with E-state index in [9.17, 15) is 5.11 Å². The maximum Gasteiger partial charge on any atom is 0.0681 e. The Morgan fingerprint density at radius 3 is 2.76 bits per heavy atom. The van der Waals surface area contributed by atoms with E-state index in [1.54, 1.807) is 0 Å². The molecule has 3 rings (SSSR count). The SMILES string of the molecule is Cn1nccc1CCC1(O)CC2CCC(C1)N2. The van der Waals surface area contributed by atoms with E-state index in [-0.39, 0.29) is 0 Å². The van der Waals surface area contributed by atoms with Crippen molar-refractivity contribution in [2.24, 2.45) is 7.05 Å². The van der Waals surface area contributed by atoms with Crippen LogP contribution in [0.1, 0.15) is 37.8 Å². The molecule has 2 unspecified atom stereocenters. The van der Waals surface area contributed by atoms with Crippen molar-refractivity contribution in [2.75, 3.05) is 0 Å². The van der Waals surface area contributed by atoms with Gasteiger partial charge in [-0.25, -0.2) is 0 Å². The van der Waals surface area contributed by atoms with Gasteiger partial charge >= 0.3 is 0 Å². The number of rotatable bonds is 3. The predicted molar refractivity (Wildman–Crippen MR) is 65.7 cm³/mol. The van der Waals surface area contributed by atoms with E-state index < -0.39 is 5.60 Å². The highest BCUT2D eigenvalue weighted by atomic mass is 16.3. The highest BCUT2D eigenvalue weighted by Crippen LogP contribution is 2.36. The van der Waals surface area contributed by atoms with E-state index in [2.05, 4.69) is 10.4 Å². The average Bonchev–Trinajstić information content (AvgIpc) is 2.83. The maximum absolute atomic E-state index is 10.7. The molecule has 1 aromatic rings. The van der Waals surface area contributed by atoms with Gasteiger partial charge in [-0.2, -0.15) is 5.10 Å². The fourth-order valence-corrected chi connectivity index (χ4v) is 3.44. The van der Waals surface area contributed by atoms with E-state index >= 15 is 0 Å². The number of nitrogens with zero attached hydrogens (tertiary/aromatic N) is 2. The lowest BCUT2D eigenvalue weighted by Gasteiger charge is -2.37. The second-order valence-corrected chi connectivity index (χ2v) is 5.72. The molecule has 0 aliphatic carbocycles. The molecular weight excluding hydrogens is 214 g/mol. The molecule has 17 heavy (non-hydrogen) atoms. The molecule has 4 nitrogen and oxygen atoms in total. The van der Waals surface area contributed by atoms with Gasteiger partial charge in [0.05, 0.1) is 5.60 Å². The van der Waals surface area contributed by atoms with Crippen LogP contribution < -0.4 is 5.32 Å². The number of hydrogen-bond acceptors (Lipinski definition) is 3. The molecule has 2 saturated heterocycles. The third kappa shape index (κ3) is 2.24. The monoisotopic (exact) mass is 235 g/mol. The topological polar surface area (TPSA) is 50.1 Å². The number of aryl methyl sites for hydroxylation is 2. The van der Waals surface area contributed by atoms with Gasteiger partial charge in [0.1, 0.15) is 0 Å². The van der Waals surface area contributed by atoms with Crippen molar-refractivity contribution < 1.29 is 5.11 Å². The highest BCUT2D eigenvalue weighted by Gasteiger charge is 2.41. The first-order valence-corrected chi connectivity index (χ1v) is 6.60. The van der Waals surface area contributed by atoms with Gasteiger partial charge in [-0.15, -0.1) is 0 Å². The van der Waals surface area contributed by atoms with Gasteiger partial charge in [0, 0.05) is 31.0 Å². The average molecular weight is 235 g/mol. The van der Waals surface area contributed by atoms with Gasteiger partial charge in [0.15, 0.2) is 0 Å². The van der Waals surface area contributed by atoms with Crippen LogP contribution in [0, 0.1) is 0 Å². The number of fused-ring (bicyclic) bond motifs is 2. The minimum Gasteiger partial charge on any atom is -0.390 e. The van der Waals surface area contributed by atoms with Crippen molar-refractivity contribution in [3.8, 4) is 0 Å². The first-order chi connectivity index (χ1) is 8.15. The lowest BCUT2D eigenvalue weighted by atomic mass is 9.83. The Kier molecular flexibility index (Phi) is 2.71. The van der Waals surface area contributed by atoms with E-state index in [4.69, 9.17) is 0 Å². The molecule has 2 aliphatic rings. The van der Waals surface area contributed by atoms with Gasteiger partial charge in [-0.05, 0) is 44.6 Å². The smallest absolute Gasteiger partial charge is 0.0681 e. The van der Waals surface area contributed by atoms with Crippen LogP contribution in [0.3, 0.4) is 0 Å². The zero-order chi connectivity index (χ0) is 11.9. The first kappa shape index (κ1) is 11.2. The largest absolute Gasteiger partial charge is 0.390 e. The summed E-state index contributed by atoms with van der Waals surface area (Å²) < 4.78 is 1.90. The molecule has 0 saturated carbocycles. The summed E-state index contributed by atoms with van der Waals surface area (Å²) in [5.41, 5.74) is 0.755. The standard InChI is InChI=1S/C13H21N3O/c1-16-12(5-7-14-16)4-6-13(17)8-10-2-3-11(9-13)15-10/h5,7,10-11,15,17H,2-4,6,8-9H2,1H3. The van der Waals surface area contributed by atoms with Crippen LogP contribution >= 0.6 is 0 Å². The molecule has 2 atom stereocenters. The number of aliphatic hydroxyl groups is 1. The highest BCUT2D eigenvalue weighted by molar-refractivity contribution is 5.05. The Balaban J connectivity index is 1.63. The molecule has 2 N–H and O–H groups in total. The van der Waals surface area contributed by atoms with Gasteiger partial charge in [-0.1, -0.05) is 0 Å².